The Hall–Kier alpha value is -1.95. The molecule has 28 heavy (non-hydrogen) atoms. The van der Waals surface area contributed by atoms with Gasteiger partial charge in [-0.2, -0.15) is 0 Å². The molecule has 0 spiro atoms. The van der Waals surface area contributed by atoms with Crippen LogP contribution in [-0.4, -0.2) is 29.8 Å². The Labute approximate surface area is 179 Å². The van der Waals surface area contributed by atoms with Gasteiger partial charge in [-0.05, 0) is 48.4 Å². The third kappa shape index (κ3) is 6.90. The van der Waals surface area contributed by atoms with Crippen molar-refractivity contribution in [2.75, 3.05) is 6.54 Å². The summed E-state index contributed by atoms with van der Waals surface area (Å²) in [5.74, 6) is 0. The molecule has 3 rings (SSSR count). The van der Waals surface area contributed by atoms with Gasteiger partial charge in [0, 0.05) is 52.5 Å². The van der Waals surface area contributed by atoms with Gasteiger partial charge in [0.25, 0.3) is 0 Å². The van der Waals surface area contributed by atoms with Gasteiger partial charge < -0.3 is 0 Å². The van der Waals surface area contributed by atoms with Crippen LogP contribution < -0.4 is 5.14 Å². The second kappa shape index (κ2) is 10.6. The maximum Gasteiger partial charge on any atom is 0.238 e. The number of nitrogens with zero attached hydrogens (tertiary/aromatic N) is 3. The summed E-state index contributed by atoms with van der Waals surface area (Å²) in [6.45, 7) is 2.22. The Morgan fingerprint density at radius 2 is 1.36 bits per heavy atom. The molecule has 2 heterocycles. The van der Waals surface area contributed by atoms with Gasteiger partial charge in [-0.3, -0.25) is 14.9 Å². The number of hydrogen-bond donors (Lipinski definition) is 1. The Morgan fingerprint density at radius 3 is 1.79 bits per heavy atom. The van der Waals surface area contributed by atoms with Gasteiger partial charge in [-0.25, -0.2) is 13.6 Å². The molecule has 0 saturated carbocycles. The fourth-order valence-corrected chi connectivity index (χ4v) is 3.30. The predicted molar refractivity (Wildman–Crippen MR) is 104 cm³/mol. The van der Waals surface area contributed by atoms with E-state index in [1.165, 1.54) is 0 Å². The van der Waals surface area contributed by atoms with Crippen LogP contribution >= 0.6 is 0 Å². The third-order valence-corrected chi connectivity index (χ3v) is 5.12. The van der Waals surface area contributed by atoms with E-state index in [1.54, 1.807) is 36.7 Å². The van der Waals surface area contributed by atoms with Gasteiger partial charge in [0.15, 0.2) is 0 Å². The number of pyridine rings is 2. The molecule has 3 aromatic rings. The molecule has 0 aliphatic rings. The first-order valence-electron chi connectivity index (χ1n) is 8.64. The van der Waals surface area contributed by atoms with E-state index in [0.29, 0.717) is 13.1 Å². The number of primary sulfonamides is 1. The van der Waals surface area contributed by atoms with Crippen molar-refractivity contribution in [3.8, 4) is 0 Å². The van der Waals surface area contributed by atoms with E-state index in [9.17, 15) is 8.42 Å². The van der Waals surface area contributed by atoms with E-state index < -0.39 is 10.0 Å². The molecule has 2 aromatic heterocycles. The Balaban J connectivity index is 0.00000280. The van der Waals surface area contributed by atoms with Crippen molar-refractivity contribution < 1.29 is 28.8 Å². The summed E-state index contributed by atoms with van der Waals surface area (Å²) < 4.78 is 22.7. The molecule has 1 radical (unpaired) electrons. The summed E-state index contributed by atoms with van der Waals surface area (Å²) in [7, 11) is -3.66. The minimum atomic E-state index is -3.66. The number of nitrogens with two attached hydrogens (primary N) is 1. The first-order valence-corrected chi connectivity index (χ1v) is 10.2. The Kier molecular flexibility index (Phi) is 8.42. The molecule has 0 aliphatic carbocycles. The molecule has 2 N–H and O–H groups in total. The maximum atomic E-state index is 11.4. The normalized spacial score (nSPS) is 11.2. The maximum absolute atomic E-state index is 11.4. The molecule has 1 aromatic carbocycles. The minimum absolute atomic E-state index is 0. The minimum Gasteiger partial charge on any atom is -0.291 e. The zero-order valence-electron chi connectivity index (χ0n) is 15.3. The second-order valence-electron chi connectivity index (χ2n) is 6.29. The number of sulfonamides is 1. The van der Waals surface area contributed by atoms with E-state index in [2.05, 4.69) is 14.9 Å². The summed E-state index contributed by atoms with van der Waals surface area (Å²) in [4.78, 5) is 11.2. The van der Waals surface area contributed by atoms with Crippen LogP contribution in [0.25, 0.3) is 0 Å². The topological polar surface area (TPSA) is 89.2 Å². The van der Waals surface area contributed by atoms with E-state index in [4.69, 9.17) is 5.14 Å². The zero-order valence-corrected chi connectivity index (χ0v) is 18.8. The van der Waals surface area contributed by atoms with Crippen LogP contribution in [0.4, 0.5) is 0 Å². The molecule has 0 unspecified atom stereocenters. The van der Waals surface area contributed by atoms with E-state index in [0.717, 1.165) is 29.9 Å². The van der Waals surface area contributed by atoms with Gasteiger partial charge in [0.2, 0.25) is 10.0 Å². The largest absolute Gasteiger partial charge is 0.291 e. The zero-order chi connectivity index (χ0) is 19.1. The molecule has 8 heteroatoms. The standard InChI is InChI=1S/C20H22N4O2S.Re/c21-27(25,26)20-9-7-17(8-10-20)11-14-24(15-18-5-1-3-12-22-18)16-19-6-2-4-13-23-19;/h1-10,12-13H,11,14-16H2,(H2,21,25,26);. The van der Waals surface area contributed by atoms with E-state index in [1.807, 2.05) is 36.4 Å². The van der Waals surface area contributed by atoms with Gasteiger partial charge in [-0.15, -0.1) is 0 Å². The summed E-state index contributed by atoms with van der Waals surface area (Å²) in [5.41, 5.74) is 3.05. The van der Waals surface area contributed by atoms with Gasteiger partial charge in [0.05, 0.1) is 16.3 Å². The molecule has 0 fully saturated rings. The number of benzene rings is 1. The fraction of sp³-hybridized carbons (Fsp3) is 0.200. The Morgan fingerprint density at radius 1 is 0.821 bits per heavy atom. The summed E-state index contributed by atoms with van der Waals surface area (Å²) >= 11 is 0. The summed E-state index contributed by atoms with van der Waals surface area (Å²) in [5, 5.41) is 5.15. The molecule has 0 amide bonds. The number of aromatic nitrogens is 2. The molecular weight excluding hydrogens is 547 g/mol. The molecule has 0 atom stereocenters. The van der Waals surface area contributed by atoms with E-state index in [-0.39, 0.29) is 25.3 Å². The molecule has 0 aliphatic heterocycles. The average molecular weight is 569 g/mol. The van der Waals surface area contributed by atoms with Crippen molar-refractivity contribution in [1.82, 2.24) is 14.9 Å². The van der Waals surface area contributed by atoms with E-state index >= 15 is 0 Å². The van der Waals surface area contributed by atoms with Crippen LogP contribution in [-0.2, 0) is 50.0 Å². The monoisotopic (exact) mass is 569 g/mol. The SMILES string of the molecule is NS(=O)(=O)c1ccc(CCN(Cc2ccccn2)Cc2ccccn2)cc1.[Re]. The summed E-state index contributed by atoms with van der Waals surface area (Å²) in [6, 6.07) is 18.5. The van der Waals surface area contributed by atoms with Crippen LogP contribution in [0.3, 0.4) is 0 Å². The number of hydrogen-bond acceptors (Lipinski definition) is 5. The van der Waals surface area contributed by atoms with Crippen LogP contribution in [0.15, 0.2) is 78.0 Å². The summed E-state index contributed by atoms with van der Waals surface area (Å²) in [6.07, 6.45) is 4.37. The number of rotatable bonds is 8. The molecular formula is C20H22N4O2ReS. The van der Waals surface area contributed by atoms with Crippen molar-refractivity contribution in [3.05, 3.63) is 90.0 Å². The predicted octanol–water partition coefficient (Wildman–Crippen LogP) is 2.37. The van der Waals surface area contributed by atoms with Crippen molar-refractivity contribution in [3.63, 3.8) is 0 Å². The van der Waals surface area contributed by atoms with Crippen molar-refractivity contribution >= 4 is 10.0 Å². The molecule has 147 valence electrons. The first kappa shape index (κ1) is 22.3. The van der Waals surface area contributed by atoms with Gasteiger partial charge in [-0.1, -0.05) is 24.3 Å². The third-order valence-electron chi connectivity index (χ3n) is 4.19. The second-order valence-corrected chi connectivity index (χ2v) is 7.85. The van der Waals surface area contributed by atoms with Crippen LogP contribution in [0.1, 0.15) is 17.0 Å². The van der Waals surface area contributed by atoms with Crippen molar-refractivity contribution in [2.24, 2.45) is 5.14 Å². The van der Waals surface area contributed by atoms with Crippen LogP contribution in [0.2, 0.25) is 0 Å². The first-order chi connectivity index (χ1) is 13.0. The quantitative estimate of drug-likeness (QED) is 0.451. The molecule has 6 nitrogen and oxygen atoms in total. The smallest absolute Gasteiger partial charge is 0.238 e. The fourth-order valence-electron chi connectivity index (χ4n) is 2.79. The van der Waals surface area contributed by atoms with Crippen LogP contribution in [0.5, 0.6) is 0 Å². The van der Waals surface area contributed by atoms with Gasteiger partial charge >= 0.3 is 0 Å². The average Bonchev–Trinajstić information content (AvgIpc) is 2.67. The van der Waals surface area contributed by atoms with Gasteiger partial charge in [0.1, 0.15) is 0 Å². The Bertz CT molecular complexity index is 911. The molecule has 0 bridgehead atoms. The van der Waals surface area contributed by atoms with Crippen LogP contribution in [0, 0.1) is 0 Å². The van der Waals surface area contributed by atoms with Crippen molar-refractivity contribution in [1.29, 1.82) is 0 Å². The van der Waals surface area contributed by atoms with Crippen molar-refractivity contribution in [2.45, 2.75) is 24.4 Å². The molecule has 0 saturated heterocycles.